The van der Waals surface area contributed by atoms with Crippen molar-refractivity contribution < 1.29 is 15.3 Å². The van der Waals surface area contributed by atoms with E-state index < -0.39 is 0 Å². The summed E-state index contributed by atoms with van der Waals surface area (Å²) in [7, 11) is 0. The second-order valence-corrected chi connectivity index (χ2v) is 15.2. The molecule has 4 nitrogen and oxygen atoms in total. The van der Waals surface area contributed by atoms with Gasteiger partial charge in [0.2, 0.25) is 0 Å². The largest absolute Gasteiger partial charge is 0.507 e. The highest BCUT2D eigenvalue weighted by molar-refractivity contribution is 5.98. The van der Waals surface area contributed by atoms with Gasteiger partial charge in [0, 0.05) is 21.8 Å². The molecule has 8 rings (SSSR count). The van der Waals surface area contributed by atoms with Crippen LogP contribution in [0.1, 0.15) is 76.1 Å². The van der Waals surface area contributed by atoms with Gasteiger partial charge in [-0.2, -0.15) is 0 Å². The van der Waals surface area contributed by atoms with Gasteiger partial charge in [-0.15, -0.1) is 0 Å². The predicted molar refractivity (Wildman–Crippen MR) is 203 cm³/mol. The van der Waals surface area contributed by atoms with Crippen LogP contribution in [0.15, 0.2) is 103 Å². The summed E-state index contributed by atoms with van der Waals surface area (Å²) in [4.78, 5) is 0. The number of hydrogen-bond acceptors (Lipinski definition) is 4. The van der Waals surface area contributed by atoms with E-state index in [1.165, 1.54) is 39.6 Å². The third-order valence-corrected chi connectivity index (χ3v) is 9.84. The minimum Gasteiger partial charge on any atom is -0.507 e. The molecule has 2 aliphatic carbocycles. The lowest BCUT2D eigenvalue weighted by Gasteiger charge is -2.36. The van der Waals surface area contributed by atoms with Crippen molar-refractivity contribution in [3.63, 3.8) is 0 Å². The van der Waals surface area contributed by atoms with Crippen molar-refractivity contribution in [2.24, 2.45) is 10.8 Å². The molecule has 1 atom stereocenters. The van der Waals surface area contributed by atoms with E-state index in [9.17, 15) is 15.3 Å². The van der Waals surface area contributed by atoms with Gasteiger partial charge in [0.25, 0.3) is 0 Å². The zero-order valence-corrected chi connectivity index (χ0v) is 28.9. The summed E-state index contributed by atoms with van der Waals surface area (Å²) in [6.45, 7) is 13.7. The molecule has 6 aromatic carbocycles. The standard InChI is InChI=1S/C17H20O.C17H18O.C10H9NO/c2*1-11-9-17(2,3)10-12-7-8-13-14(16(11)12)5-4-6-15(13)18;11-8-4-5-9-7(6-8)2-1-3-10(9)12/h4-8,11,18H,9-10H2,1-3H3;4-9,18H,10H2,1-3H3;1-6,12H,11H2. The molecule has 0 amide bonds. The summed E-state index contributed by atoms with van der Waals surface area (Å²) in [6, 6.07) is 30.9. The molecule has 4 heteroatoms. The van der Waals surface area contributed by atoms with Crippen LogP contribution < -0.4 is 5.73 Å². The predicted octanol–water partition coefficient (Wildman–Crippen LogP) is 11.3. The molecule has 0 saturated heterocycles. The van der Waals surface area contributed by atoms with Crippen LogP contribution in [-0.2, 0) is 12.8 Å². The third kappa shape index (κ3) is 6.57. The molecule has 2 aliphatic rings. The fourth-order valence-corrected chi connectivity index (χ4v) is 8.15. The summed E-state index contributed by atoms with van der Waals surface area (Å²) in [6.07, 6.45) is 5.76. The van der Waals surface area contributed by atoms with E-state index in [-0.39, 0.29) is 5.41 Å². The lowest BCUT2D eigenvalue weighted by Crippen LogP contribution is -2.24. The van der Waals surface area contributed by atoms with Crippen LogP contribution in [-0.4, -0.2) is 15.3 Å². The Hall–Kier alpha value is -4.96. The number of anilines is 1. The van der Waals surface area contributed by atoms with Crippen LogP contribution in [0.2, 0.25) is 0 Å². The summed E-state index contributed by atoms with van der Waals surface area (Å²) >= 11 is 0. The SMILES string of the molecule is CC1=CC(C)(C)Cc2ccc3c(O)cccc3c21.CC1CC(C)(C)Cc2ccc3c(O)cccc3c21.Nc1ccc2c(O)cccc2c1. The number of aromatic hydroxyl groups is 3. The fraction of sp³-hybridized carbons (Fsp3) is 0.273. The van der Waals surface area contributed by atoms with Crippen LogP contribution in [0, 0.1) is 10.8 Å². The summed E-state index contributed by atoms with van der Waals surface area (Å²) in [5, 5.41) is 35.5. The van der Waals surface area contributed by atoms with Crippen molar-refractivity contribution in [1.82, 2.24) is 0 Å². The molecule has 0 radical (unpaired) electrons. The maximum atomic E-state index is 9.96. The molecule has 6 aromatic rings. The molecule has 48 heavy (non-hydrogen) atoms. The second-order valence-electron chi connectivity index (χ2n) is 15.2. The van der Waals surface area contributed by atoms with E-state index in [1.807, 2.05) is 36.4 Å². The van der Waals surface area contributed by atoms with Crippen LogP contribution in [0.3, 0.4) is 0 Å². The van der Waals surface area contributed by atoms with E-state index in [0.717, 1.165) is 39.8 Å². The third-order valence-electron chi connectivity index (χ3n) is 9.84. The van der Waals surface area contributed by atoms with Gasteiger partial charge in [0.1, 0.15) is 17.2 Å². The van der Waals surface area contributed by atoms with E-state index in [2.05, 4.69) is 78.0 Å². The molecular weight excluding hydrogens is 590 g/mol. The van der Waals surface area contributed by atoms with Gasteiger partial charge in [0.05, 0.1) is 0 Å². The molecule has 0 heterocycles. The Morgan fingerprint density at radius 3 is 1.88 bits per heavy atom. The Morgan fingerprint density at radius 1 is 0.625 bits per heavy atom. The van der Waals surface area contributed by atoms with Crippen LogP contribution in [0.25, 0.3) is 37.9 Å². The number of phenols is 3. The first kappa shape index (κ1) is 33.0. The smallest absolute Gasteiger partial charge is 0.123 e. The summed E-state index contributed by atoms with van der Waals surface area (Å²) < 4.78 is 0. The first-order chi connectivity index (χ1) is 22.7. The molecule has 5 N–H and O–H groups in total. The van der Waals surface area contributed by atoms with Crippen molar-refractivity contribution in [2.75, 3.05) is 5.73 Å². The topological polar surface area (TPSA) is 86.7 Å². The molecule has 0 saturated carbocycles. The van der Waals surface area contributed by atoms with Gasteiger partial charge >= 0.3 is 0 Å². The minimum absolute atomic E-state index is 0.224. The highest BCUT2D eigenvalue weighted by atomic mass is 16.3. The maximum absolute atomic E-state index is 9.96. The molecule has 0 aliphatic heterocycles. The zero-order valence-electron chi connectivity index (χ0n) is 28.9. The highest BCUT2D eigenvalue weighted by Gasteiger charge is 2.31. The minimum atomic E-state index is 0.224. The second kappa shape index (κ2) is 12.6. The Morgan fingerprint density at radius 2 is 1.19 bits per heavy atom. The average molecular weight is 638 g/mol. The van der Waals surface area contributed by atoms with Crippen molar-refractivity contribution in [3.8, 4) is 17.2 Å². The first-order valence-corrected chi connectivity index (χ1v) is 16.9. The Balaban J connectivity index is 0.000000128. The summed E-state index contributed by atoms with van der Waals surface area (Å²) in [5.41, 5.74) is 13.8. The quantitative estimate of drug-likeness (QED) is 0.125. The van der Waals surface area contributed by atoms with Gasteiger partial charge in [-0.25, -0.2) is 0 Å². The van der Waals surface area contributed by atoms with Gasteiger partial charge < -0.3 is 21.1 Å². The number of benzene rings is 6. The monoisotopic (exact) mass is 637 g/mol. The molecule has 0 bridgehead atoms. The number of nitrogen functional groups attached to an aromatic ring is 1. The van der Waals surface area contributed by atoms with Gasteiger partial charge in [-0.1, -0.05) is 101 Å². The lowest BCUT2D eigenvalue weighted by atomic mass is 9.69. The Kier molecular flexibility index (Phi) is 8.63. The van der Waals surface area contributed by atoms with E-state index in [4.69, 9.17) is 5.73 Å². The normalized spacial score (nSPS) is 17.3. The average Bonchev–Trinajstić information content (AvgIpc) is 3.00. The zero-order chi connectivity index (χ0) is 34.4. The van der Waals surface area contributed by atoms with Crippen LogP contribution >= 0.6 is 0 Å². The molecule has 1 unspecified atom stereocenters. The Labute approximate surface area is 284 Å². The molecule has 246 valence electrons. The van der Waals surface area contributed by atoms with Gasteiger partial charge in [0.15, 0.2) is 0 Å². The van der Waals surface area contributed by atoms with Crippen molar-refractivity contribution in [2.45, 2.75) is 66.7 Å². The number of rotatable bonds is 0. The lowest BCUT2D eigenvalue weighted by molar-refractivity contribution is 0.289. The highest BCUT2D eigenvalue weighted by Crippen LogP contribution is 2.45. The van der Waals surface area contributed by atoms with Crippen molar-refractivity contribution in [3.05, 3.63) is 125 Å². The Bertz CT molecular complexity index is 2190. The fourth-order valence-electron chi connectivity index (χ4n) is 8.15. The number of phenolic OH excluding ortho intramolecular Hbond substituents is 3. The molecular formula is C44H47NO3. The van der Waals surface area contributed by atoms with E-state index >= 15 is 0 Å². The number of hydrogen-bond donors (Lipinski definition) is 4. The van der Waals surface area contributed by atoms with Gasteiger partial charge in [-0.3, -0.25) is 0 Å². The van der Waals surface area contributed by atoms with E-state index in [0.29, 0.717) is 34.3 Å². The van der Waals surface area contributed by atoms with E-state index in [1.54, 1.807) is 30.3 Å². The van der Waals surface area contributed by atoms with Crippen molar-refractivity contribution in [1.29, 1.82) is 0 Å². The molecule has 0 spiro atoms. The van der Waals surface area contributed by atoms with Crippen molar-refractivity contribution >= 4 is 43.6 Å². The summed E-state index contributed by atoms with van der Waals surface area (Å²) in [5.74, 6) is 1.63. The van der Waals surface area contributed by atoms with Crippen LogP contribution in [0.4, 0.5) is 5.69 Å². The van der Waals surface area contributed by atoms with Gasteiger partial charge in [-0.05, 0) is 123 Å². The maximum Gasteiger partial charge on any atom is 0.123 e. The molecule has 0 aromatic heterocycles. The number of fused-ring (bicyclic) bond motifs is 7. The number of nitrogens with two attached hydrogens (primary N) is 1. The molecule has 0 fully saturated rings. The van der Waals surface area contributed by atoms with Crippen LogP contribution in [0.5, 0.6) is 17.2 Å². The number of allylic oxidation sites excluding steroid dienone is 2. The first-order valence-electron chi connectivity index (χ1n) is 16.9.